The van der Waals surface area contributed by atoms with Gasteiger partial charge in [-0.2, -0.15) is 11.8 Å². The third kappa shape index (κ3) is 3.99. The van der Waals surface area contributed by atoms with Crippen molar-refractivity contribution in [1.82, 2.24) is 0 Å². The maximum Gasteiger partial charge on any atom is 0.335 e. The Labute approximate surface area is 123 Å². The second kappa shape index (κ2) is 6.63. The van der Waals surface area contributed by atoms with Crippen LogP contribution in [0.25, 0.3) is 0 Å². The molecule has 1 N–H and O–H groups in total. The third-order valence-corrected chi connectivity index (χ3v) is 6.84. The summed E-state index contributed by atoms with van der Waals surface area (Å²) in [5.74, 6) is -0.334. The van der Waals surface area contributed by atoms with Crippen LogP contribution in [-0.2, 0) is 9.84 Å². The molecule has 6 heteroatoms. The molecule has 0 saturated heterocycles. The molecule has 1 fully saturated rings. The average molecular weight is 314 g/mol. The number of hydrogen-bond donors (Lipinski definition) is 1. The first-order valence-electron chi connectivity index (χ1n) is 6.67. The maximum atomic E-state index is 12.1. The van der Waals surface area contributed by atoms with Gasteiger partial charge in [0.25, 0.3) is 0 Å². The highest BCUT2D eigenvalue weighted by molar-refractivity contribution is 8.01. The number of benzene rings is 1. The topological polar surface area (TPSA) is 71.4 Å². The number of aromatic carboxylic acids is 1. The summed E-state index contributed by atoms with van der Waals surface area (Å²) in [6.45, 7) is 0. The molecule has 1 aromatic carbocycles. The summed E-state index contributed by atoms with van der Waals surface area (Å²) in [5.41, 5.74) is 0.101. The van der Waals surface area contributed by atoms with Crippen molar-refractivity contribution in [1.29, 1.82) is 0 Å². The van der Waals surface area contributed by atoms with Crippen molar-refractivity contribution in [2.75, 3.05) is 11.5 Å². The van der Waals surface area contributed by atoms with Crippen LogP contribution in [0.1, 0.15) is 36.0 Å². The van der Waals surface area contributed by atoms with Crippen LogP contribution in [0.3, 0.4) is 0 Å². The van der Waals surface area contributed by atoms with Gasteiger partial charge < -0.3 is 5.11 Å². The van der Waals surface area contributed by atoms with Crippen LogP contribution in [-0.4, -0.2) is 36.2 Å². The molecule has 0 unspecified atom stereocenters. The van der Waals surface area contributed by atoms with Crippen LogP contribution in [0.2, 0.25) is 0 Å². The average Bonchev–Trinajstić information content (AvgIpc) is 2.92. The van der Waals surface area contributed by atoms with Gasteiger partial charge in [0.2, 0.25) is 0 Å². The van der Waals surface area contributed by atoms with Crippen LogP contribution in [0, 0.1) is 0 Å². The van der Waals surface area contributed by atoms with Crippen molar-refractivity contribution >= 4 is 27.6 Å². The zero-order valence-electron chi connectivity index (χ0n) is 11.1. The Hall–Kier alpha value is -1.01. The van der Waals surface area contributed by atoms with Gasteiger partial charge in [-0.1, -0.05) is 12.8 Å². The second-order valence-corrected chi connectivity index (χ2v) is 8.44. The molecule has 4 nitrogen and oxygen atoms in total. The van der Waals surface area contributed by atoms with E-state index in [1.54, 1.807) is 11.8 Å². The first kappa shape index (κ1) is 15.4. The molecule has 0 spiro atoms. The number of sulfone groups is 1. The molecule has 0 heterocycles. The number of carboxylic acid groups (broad SMARTS) is 1. The van der Waals surface area contributed by atoms with Gasteiger partial charge in [0.15, 0.2) is 9.84 Å². The lowest BCUT2D eigenvalue weighted by molar-refractivity contribution is 0.0697. The van der Waals surface area contributed by atoms with Gasteiger partial charge in [-0.25, -0.2) is 13.2 Å². The van der Waals surface area contributed by atoms with E-state index in [4.69, 9.17) is 5.11 Å². The molecular formula is C14H18O4S2. The van der Waals surface area contributed by atoms with Crippen LogP contribution in [0.5, 0.6) is 0 Å². The Morgan fingerprint density at radius 1 is 1.20 bits per heavy atom. The molecule has 20 heavy (non-hydrogen) atoms. The molecule has 1 aliphatic carbocycles. The molecule has 0 aromatic heterocycles. The quantitative estimate of drug-likeness (QED) is 0.874. The van der Waals surface area contributed by atoms with E-state index in [0.717, 1.165) is 0 Å². The zero-order valence-corrected chi connectivity index (χ0v) is 12.8. The minimum atomic E-state index is -3.31. The van der Waals surface area contributed by atoms with Crippen molar-refractivity contribution in [3.8, 4) is 0 Å². The Morgan fingerprint density at radius 3 is 2.35 bits per heavy atom. The number of carbonyl (C=O) groups is 1. The molecule has 0 amide bonds. The summed E-state index contributed by atoms with van der Waals surface area (Å²) in [6, 6.07) is 5.41. The lowest BCUT2D eigenvalue weighted by Gasteiger charge is -2.09. The summed E-state index contributed by atoms with van der Waals surface area (Å²) in [7, 11) is -3.31. The lowest BCUT2D eigenvalue weighted by Crippen LogP contribution is -2.11. The molecule has 110 valence electrons. The van der Waals surface area contributed by atoms with Crippen LogP contribution >= 0.6 is 11.8 Å². The van der Waals surface area contributed by atoms with E-state index in [-0.39, 0.29) is 16.2 Å². The molecular weight excluding hydrogens is 296 g/mol. The van der Waals surface area contributed by atoms with Crippen LogP contribution in [0.4, 0.5) is 0 Å². The molecule has 1 aliphatic rings. The van der Waals surface area contributed by atoms with Crippen LogP contribution < -0.4 is 0 Å². The highest BCUT2D eigenvalue weighted by Crippen LogP contribution is 2.29. The fraction of sp³-hybridized carbons (Fsp3) is 0.500. The summed E-state index contributed by atoms with van der Waals surface area (Å²) >= 11 is 1.74. The number of thioether (sulfide) groups is 1. The molecule has 2 rings (SSSR count). The predicted octanol–water partition coefficient (Wildman–Crippen LogP) is 2.83. The predicted molar refractivity (Wildman–Crippen MR) is 80.2 cm³/mol. The minimum Gasteiger partial charge on any atom is -0.478 e. The Balaban J connectivity index is 1.93. The normalized spacial score (nSPS) is 16.4. The molecule has 1 aromatic rings. The SMILES string of the molecule is O=C(O)c1ccc(S(=O)(=O)CCSC2CCCC2)cc1. The fourth-order valence-electron chi connectivity index (χ4n) is 2.30. The molecule has 0 bridgehead atoms. The number of rotatable bonds is 6. The third-order valence-electron chi connectivity index (χ3n) is 3.47. The molecule has 1 saturated carbocycles. The van der Waals surface area contributed by atoms with E-state index in [2.05, 4.69) is 0 Å². The van der Waals surface area contributed by atoms with E-state index in [9.17, 15) is 13.2 Å². The smallest absolute Gasteiger partial charge is 0.335 e. The number of carboxylic acids is 1. The van der Waals surface area contributed by atoms with Gasteiger partial charge in [-0.3, -0.25) is 0 Å². The molecule has 0 aliphatic heterocycles. The summed E-state index contributed by atoms with van der Waals surface area (Å²) in [4.78, 5) is 10.9. The minimum absolute atomic E-state index is 0.101. The van der Waals surface area contributed by atoms with E-state index < -0.39 is 15.8 Å². The van der Waals surface area contributed by atoms with Gasteiger partial charge >= 0.3 is 5.97 Å². The van der Waals surface area contributed by atoms with Gasteiger partial charge in [-0.05, 0) is 37.1 Å². The zero-order chi connectivity index (χ0) is 14.6. The fourth-order valence-corrected chi connectivity index (χ4v) is 5.35. The molecule has 0 atom stereocenters. The Bertz CT molecular complexity index is 557. The largest absolute Gasteiger partial charge is 0.478 e. The van der Waals surface area contributed by atoms with E-state index in [1.165, 1.54) is 49.9 Å². The van der Waals surface area contributed by atoms with Crippen molar-refractivity contribution in [2.24, 2.45) is 0 Å². The van der Waals surface area contributed by atoms with Gasteiger partial charge in [0.1, 0.15) is 0 Å². The van der Waals surface area contributed by atoms with Gasteiger partial charge in [0, 0.05) is 11.0 Å². The monoisotopic (exact) mass is 314 g/mol. The highest BCUT2D eigenvalue weighted by Gasteiger charge is 2.19. The Morgan fingerprint density at radius 2 is 1.80 bits per heavy atom. The van der Waals surface area contributed by atoms with Gasteiger partial charge in [0.05, 0.1) is 16.2 Å². The summed E-state index contributed by atoms with van der Waals surface area (Å²) < 4.78 is 24.3. The van der Waals surface area contributed by atoms with E-state index >= 15 is 0 Å². The van der Waals surface area contributed by atoms with Crippen LogP contribution in [0.15, 0.2) is 29.2 Å². The first-order valence-corrected chi connectivity index (χ1v) is 9.37. The first-order chi connectivity index (χ1) is 9.49. The number of hydrogen-bond acceptors (Lipinski definition) is 4. The maximum absolute atomic E-state index is 12.1. The Kier molecular flexibility index (Phi) is 5.10. The van der Waals surface area contributed by atoms with E-state index in [0.29, 0.717) is 11.0 Å². The van der Waals surface area contributed by atoms with Crippen molar-refractivity contribution < 1.29 is 18.3 Å². The summed E-state index contributed by atoms with van der Waals surface area (Å²) in [6.07, 6.45) is 4.89. The van der Waals surface area contributed by atoms with Gasteiger partial charge in [-0.15, -0.1) is 0 Å². The van der Waals surface area contributed by atoms with E-state index in [1.807, 2.05) is 0 Å². The van der Waals surface area contributed by atoms with Crippen molar-refractivity contribution in [3.05, 3.63) is 29.8 Å². The molecule has 0 radical (unpaired) electrons. The second-order valence-electron chi connectivity index (χ2n) is 4.93. The highest BCUT2D eigenvalue weighted by atomic mass is 32.2. The van der Waals surface area contributed by atoms with Crippen molar-refractivity contribution in [2.45, 2.75) is 35.8 Å². The summed E-state index contributed by atoms with van der Waals surface area (Å²) in [5, 5.41) is 9.40. The standard InChI is InChI=1S/C14H18O4S2/c15-14(16)11-5-7-13(8-6-11)20(17,18)10-9-19-12-3-1-2-4-12/h5-8,12H,1-4,9-10H2,(H,15,16). The van der Waals surface area contributed by atoms with Crippen molar-refractivity contribution in [3.63, 3.8) is 0 Å². The lowest BCUT2D eigenvalue weighted by atomic mass is 10.2.